The molecule has 88 valence electrons. The summed E-state index contributed by atoms with van der Waals surface area (Å²) in [5.74, 6) is 2.52. The zero-order valence-corrected chi connectivity index (χ0v) is 10.9. The highest BCUT2D eigenvalue weighted by Gasteiger charge is 2.27. The molecule has 0 aliphatic carbocycles. The molecule has 0 unspecified atom stereocenters. The van der Waals surface area contributed by atoms with Crippen LogP contribution in [0.3, 0.4) is 0 Å². The minimum absolute atomic E-state index is 0.224. The maximum Gasteiger partial charge on any atom is 0.181 e. The van der Waals surface area contributed by atoms with Gasteiger partial charge in [0.25, 0.3) is 0 Å². The molecule has 0 radical (unpaired) electrons. The molecule has 0 spiro atoms. The Balaban J connectivity index is 2.00. The lowest BCUT2D eigenvalue weighted by molar-refractivity contribution is -0.112. The Hall–Kier alpha value is -1.07. The molecular formula is C12H11NO2S2. The average molecular weight is 265 g/mol. The van der Waals surface area contributed by atoms with E-state index in [1.54, 1.807) is 30.6 Å². The molecule has 3 rings (SSSR count). The maximum absolute atomic E-state index is 11.8. The first-order valence-corrected chi connectivity index (χ1v) is 7.22. The number of carbonyl (C=O) groups is 1. The van der Waals surface area contributed by atoms with E-state index in [-0.39, 0.29) is 5.78 Å². The molecule has 1 N–H and O–H groups in total. The summed E-state index contributed by atoms with van der Waals surface area (Å²) >= 11 is 3.22. The van der Waals surface area contributed by atoms with Crippen molar-refractivity contribution < 1.29 is 9.53 Å². The van der Waals surface area contributed by atoms with Gasteiger partial charge in [0.15, 0.2) is 5.78 Å². The summed E-state index contributed by atoms with van der Waals surface area (Å²) < 4.78 is 5.20. The average Bonchev–Trinajstić information content (AvgIpc) is 2.37. The molecule has 17 heavy (non-hydrogen) atoms. The number of carbonyl (C=O) groups excluding carboxylic acids is 1. The van der Waals surface area contributed by atoms with E-state index in [1.165, 1.54) is 0 Å². The van der Waals surface area contributed by atoms with Crippen LogP contribution in [0.25, 0.3) is 0 Å². The SMILES string of the molecule is COc1ccc2c(c1)SC1=C(CSCC1=O)N2. The first-order valence-electron chi connectivity index (χ1n) is 5.25. The third kappa shape index (κ3) is 1.93. The standard InChI is InChI=1S/C12H11NO2S2/c1-15-7-2-3-8-11(4-7)17-12-9(13-8)5-16-6-10(12)14/h2-4,13H,5-6H2,1H3. The molecule has 2 aliphatic heterocycles. The molecule has 2 heterocycles. The fraction of sp³-hybridized carbons (Fsp3) is 0.250. The number of hydrogen-bond donors (Lipinski definition) is 1. The number of benzene rings is 1. The Morgan fingerprint density at radius 1 is 1.35 bits per heavy atom. The van der Waals surface area contributed by atoms with Gasteiger partial charge in [-0.2, -0.15) is 0 Å². The van der Waals surface area contributed by atoms with Crippen LogP contribution in [0.5, 0.6) is 5.75 Å². The number of allylic oxidation sites excluding steroid dienone is 1. The van der Waals surface area contributed by atoms with Gasteiger partial charge in [0.2, 0.25) is 0 Å². The number of nitrogens with one attached hydrogen (secondary N) is 1. The van der Waals surface area contributed by atoms with E-state index in [4.69, 9.17) is 4.74 Å². The molecular weight excluding hydrogens is 254 g/mol. The first-order chi connectivity index (χ1) is 8.28. The second kappa shape index (κ2) is 4.31. The third-order valence-corrected chi connectivity index (χ3v) is 4.89. The molecule has 1 aromatic rings. The lowest BCUT2D eigenvalue weighted by Crippen LogP contribution is -2.21. The molecule has 1 aromatic carbocycles. The van der Waals surface area contributed by atoms with Gasteiger partial charge in [-0.25, -0.2) is 0 Å². The summed E-state index contributed by atoms with van der Waals surface area (Å²) in [4.78, 5) is 13.7. The van der Waals surface area contributed by atoms with Crippen LogP contribution in [0.2, 0.25) is 0 Å². The zero-order chi connectivity index (χ0) is 11.8. The number of ether oxygens (including phenoxy) is 1. The van der Waals surface area contributed by atoms with Crippen molar-refractivity contribution in [2.45, 2.75) is 4.90 Å². The maximum atomic E-state index is 11.8. The molecule has 0 bridgehead atoms. The smallest absolute Gasteiger partial charge is 0.181 e. The van der Waals surface area contributed by atoms with Crippen molar-refractivity contribution in [3.05, 3.63) is 28.8 Å². The summed E-state index contributed by atoms with van der Waals surface area (Å²) in [6, 6.07) is 5.89. The van der Waals surface area contributed by atoms with Gasteiger partial charge in [0.1, 0.15) is 5.75 Å². The van der Waals surface area contributed by atoms with Crippen LogP contribution in [0, 0.1) is 0 Å². The highest BCUT2D eigenvalue weighted by Crippen LogP contribution is 2.44. The Labute approximate surface area is 108 Å². The fourth-order valence-electron chi connectivity index (χ4n) is 1.85. The number of ketones is 1. The van der Waals surface area contributed by atoms with Crippen molar-refractivity contribution in [2.75, 3.05) is 23.9 Å². The number of fused-ring (bicyclic) bond motifs is 1. The highest BCUT2D eigenvalue weighted by atomic mass is 32.2. The third-order valence-electron chi connectivity index (χ3n) is 2.69. The summed E-state index contributed by atoms with van der Waals surface area (Å²) in [6.07, 6.45) is 0. The van der Waals surface area contributed by atoms with Gasteiger partial charge in [0, 0.05) is 16.3 Å². The van der Waals surface area contributed by atoms with Gasteiger partial charge in [0.05, 0.1) is 23.5 Å². The first kappa shape index (κ1) is 11.0. The van der Waals surface area contributed by atoms with Gasteiger partial charge in [-0.05, 0) is 18.2 Å². The number of hydrogen-bond acceptors (Lipinski definition) is 5. The molecule has 3 nitrogen and oxygen atoms in total. The van der Waals surface area contributed by atoms with E-state index in [2.05, 4.69) is 5.32 Å². The van der Waals surface area contributed by atoms with Crippen LogP contribution in [-0.4, -0.2) is 24.4 Å². The molecule has 0 aromatic heterocycles. The Morgan fingerprint density at radius 2 is 2.24 bits per heavy atom. The summed E-state index contributed by atoms with van der Waals surface area (Å²) in [5.41, 5.74) is 2.11. The minimum Gasteiger partial charge on any atom is -0.497 e. The molecule has 5 heteroatoms. The Kier molecular flexibility index (Phi) is 2.80. The van der Waals surface area contributed by atoms with Crippen LogP contribution in [0.4, 0.5) is 5.69 Å². The van der Waals surface area contributed by atoms with E-state index < -0.39 is 0 Å². The second-order valence-corrected chi connectivity index (χ2v) is 5.85. The minimum atomic E-state index is 0.224. The monoisotopic (exact) mass is 265 g/mol. The lowest BCUT2D eigenvalue weighted by Gasteiger charge is -2.26. The Bertz CT molecular complexity index is 525. The predicted molar refractivity (Wildman–Crippen MR) is 71.8 cm³/mol. The van der Waals surface area contributed by atoms with Crippen LogP contribution in [0.15, 0.2) is 33.7 Å². The molecule has 0 atom stereocenters. The molecule has 0 amide bonds. The molecule has 0 fully saturated rings. The largest absolute Gasteiger partial charge is 0.497 e. The number of rotatable bonds is 1. The van der Waals surface area contributed by atoms with Crippen molar-refractivity contribution in [1.29, 1.82) is 0 Å². The highest BCUT2D eigenvalue weighted by molar-refractivity contribution is 8.05. The zero-order valence-electron chi connectivity index (χ0n) is 9.28. The van der Waals surface area contributed by atoms with Crippen molar-refractivity contribution in [2.24, 2.45) is 0 Å². The van der Waals surface area contributed by atoms with E-state index in [0.29, 0.717) is 5.75 Å². The van der Waals surface area contributed by atoms with E-state index in [9.17, 15) is 4.79 Å². The lowest BCUT2D eigenvalue weighted by atomic mass is 10.2. The summed E-state index contributed by atoms with van der Waals surface area (Å²) in [7, 11) is 1.65. The van der Waals surface area contributed by atoms with Gasteiger partial charge < -0.3 is 10.1 Å². The fourth-order valence-corrected chi connectivity index (χ4v) is 3.94. The number of thioether (sulfide) groups is 2. The normalized spacial score (nSPS) is 18.3. The molecule has 0 saturated heterocycles. The van der Waals surface area contributed by atoms with Crippen molar-refractivity contribution in [3.8, 4) is 5.75 Å². The van der Waals surface area contributed by atoms with E-state index in [1.807, 2.05) is 18.2 Å². The van der Waals surface area contributed by atoms with E-state index in [0.717, 1.165) is 32.7 Å². The number of methoxy groups -OCH3 is 1. The van der Waals surface area contributed by atoms with Crippen LogP contribution in [-0.2, 0) is 4.79 Å². The number of Topliss-reactive ketones (excluding diaryl/α,β-unsaturated/α-hetero) is 1. The topological polar surface area (TPSA) is 38.3 Å². The van der Waals surface area contributed by atoms with Crippen LogP contribution in [0.1, 0.15) is 0 Å². The van der Waals surface area contributed by atoms with Gasteiger partial charge in [-0.1, -0.05) is 11.8 Å². The summed E-state index contributed by atoms with van der Waals surface area (Å²) in [6.45, 7) is 0. The summed E-state index contributed by atoms with van der Waals surface area (Å²) in [5, 5.41) is 3.34. The Morgan fingerprint density at radius 3 is 3.06 bits per heavy atom. The molecule has 0 saturated carbocycles. The van der Waals surface area contributed by atoms with Gasteiger partial charge in [-0.3, -0.25) is 4.79 Å². The predicted octanol–water partition coefficient (Wildman–Crippen LogP) is 2.74. The van der Waals surface area contributed by atoms with Gasteiger partial charge >= 0.3 is 0 Å². The van der Waals surface area contributed by atoms with Gasteiger partial charge in [-0.15, -0.1) is 11.8 Å². The van der Waals surface area contributed by atoms with Crippen LogP contribution < -0.4 is 10.1 Å². The van der Waals surface area contributed by atoms with Crippen molar-refractivity contribution >= 4 is 35.0 Å². The van der Waals surface area contributed by atoms with Crippen molar-refractivity contribution in [1.82, 2.24) is 0 Å². The number of anilines is 1. The second-order valence-electron chi connectivity index (χ2n) is 3.81. The van der Waals surface area contributed by atoms with Crippen molar-refractivity contribution in [3.63, 3.8) is 0 Å². The molecule has 2 aliphatic rings. The van der Waals surface area contributed by atoms with E-state index >= 15 is 0 Å². The quantitative estimate of drug-likeness (QED) is 0.845. The van der Waals surface area contributed by atoms with Crippen LogP contribution >= 0.6 is 23.5 Å².